The fraction of sp³-hybridized carbons (Fsp3) is 0.760. The second-order valence-corrected chi connectivity index (χ2v) is 8.96. The third-order valence-corrected chi connectivity index (χ3v) is 6.13. The van der Waals surface area contributed by atoms with Gasteiger partial charge in [-0.1, -0.05) is 25.3 Å². The van der Waals surface area contributed by atoms with Gasteiger partial charge in [-0.2, -0.15) is 0 Å². The third kappa shape index (κ3) is 8.87. The minimum Gasteiger partial charge on any atom is -0.490 e. The van der Waals surface area contributed by atoms with Gasteiger partial charge in [0.1, 0.15) is 6.61 Å². The Bertz CT molecular complexity index is 647. The van der Waals surface area contributed by atoms with Crippen LogP contribution in [0.2, 0.25) is 0 Å². The number of benzene rings is 1. The fourth-order valence-electron chi connectivity index (χ4n) is 4.42. The Kier molecular flexibility index (Phi) is 11.1. The summed E-state index contributed by atoms with van der Waals surface area (Å²) in [5.41, 5.74) is 1.14. The Morgan fingerprint density at radius 2 is 1.91 bits per heavy atom. The van der Waals surface area contributed by atoms with Crippen molar-refractivity contribution in [1.29, 1.82) is 0 Å². The SMILES string of the molecule is CCOc1cc(CN(C)CC(O)COC2CCCCC2)ccc1OCCN1CCOCC1. The van der Waals surface area contributed by atoms with E-state index in [1.807, 2.05) is 20.0 Å². The van der Waals surface area contributed by atoms with Gasteiger partial charge in [0, 0.05) is 32.7 Å². The lowest BCUT2D eigenvalue weighted by molar-refractivity contribution is -0.0319. The molecule has 0 aromatic heterocycles. The Labute approximate surface area is 193 Å². The fourth-order valence-corrected chi connectivity index (χ4v) is 4.42. The van der Waals surface area contributed by atoms with Crippen LogP contribution in [-0.2, 0) is 16.0 Å². The van der Waals surface area contributed by atoms with E-state index in [4.69, 9.17) is 18.9 Å². The molecule has 2 aliphatic rings. The summed E-state index contributed by atoms with van der Waals surface area (Å²) < 4.78 is 23.2. The van der Waals surface area contributed by atoms with E-state index in [0.29, 0.717) is 32.5 Å². The van der Waals surface area contributed by atoms with Crippen molar-refractivity contribution in [2.24, 2.45) is 0 Å². The maximum absolute atomic E-state index is 10.4. The number of morpholine rings is 1. The van der Waals surface area contributed by atoms with Gasteiger partial charge in [-0.25, -0.2) is 0 Å². The monoisotopic (exact) mass is 450 g/mol. The predicted octanol–water partition coefficient (Wildman–Crippen LogP) is 2.94. The van der Waals surface area contributed by atoms with Gasteiger partial charge < -0.3 is 24.1 Å². The molecule has 2 fully saturated rings. The first-order valence-electron chi connectivity index (χ1n) is 12.3. The van der Waals surface area contributed by atoms with Crippen LogP contribution in [0.15, 0.2) is 18.2 Å². The first-order chi connectivity index (χ1) is 15.6. The number of rotatable bonds is 13. The number of aliphatic hydroxyl groups excluding tert-OH is 1. The minimum atomic E-state index is -0.476. The molecule has 7 nitrogen and oxygen atoms in total. The molecular weight excluding hydrogens is 408 g/mol. The van der Waals surface area contributed by atoms with Crippen molar-refractivity contribution in [1.82, 2.24) is 9.80 Å². The number of likely N-dealkylation sites (N-methyl/N-ethyl adjacent to an activating group) is 1. The van der Waals surface area contributed by atoms with Crippen LogP contribution in [0.5, 0.6) is 11.5 Å². The number of aliphatic hydroxyl groups is 1. The number of hydrogen-bond donors (Lipinski definition) is 1. The highest BCUT2D eigenvalue weighted by Gasteiger charge is 2.17. The van der Waals surface area contributed by atoms with E-state index in [1.165, 1.54) is 19.3 Å². The van der Waals surface area contributed by atoms with Crippen molar-refractivity contribution >= 4 is 0 Å². The van der Waals surface area contributed by atoms with Crippen molar-refractivity contribution in [3.8, 4) is 11.5 Å². The van der Waals surface area contributed by atoms with Crippen LogP contribution in [0.3, 0.4) is 0 Å². The second-order valence-electron chi connectivity index (χ2n) is 8.96. The Morgan fingerprint density at radius 3 is 2.66 bits per heavy atom. The molecule has 1 aliphatic heterocycles. The van der Waals surface area contributed by atoms with Crippen LogP contribution in [0.25, 0.3) is 0 Å². The molecule has 182 valence electrons. The molecule has 32 heavy (non-hydrogen) atoms. The molecule has 1 aromatic carbocycles. The topological polar surface area (TPSA) is 63.6 Å². The molecule has 1 aromatic rings. The Balaban J connectivity index is 1.43. The van der Waals surface area contributed by atoms with Crippen LogP contribution in [0.1, 0.15) is 44.6 Å². The summed E-state index contributed by atoms with van der Waals surface area (Å²) >= 11 is 0. The zero-order valence-corrected chi connectivity index (χ0v) is 20.0. The highest BCUT2D eigenvalue weighted by molar-refractivity contribution is 5.43. The zero-order chi connectivity index (χ0) is 22.6. The van der Waals surface area contributed by atoms with Gasteiger partial charge >= 0.3 is 0 Å². The van der Waals surface area contributed by atoms with Crippen molar-refractivity contribution in [2.45, 2.75) is 57.8 Å². The maximum atomic E-state index is 10.4. The van der Waals surface area contributed by atoms with Crippen molar-refractivity contribution < 1.29 is 24.1 Å². The normalized spacial score (nSPS) is 19.2. The van der Waals surface area contributed by atoms with Crippen LogP contribution in [0.4, 0.5) is 0 Å². The number of ether oxygens (including phenoxy) is 4. The average Bonchev–Trinajstić information content (AvgIpc) is 2.80. The second kappa shape index (κ2) is 14.0. The zero-order valence-electron chi connectivity index (χ0n) is 20.0. The first kappa shape index (κ1) is 25.2. The highest BCUT2D eigenvalue weighted by Crippen LogP contribution is 2.29. The molecule has 1 atom stereocenters. The van der Waals surface area contributed by atoms with E-state index in [0.717, 1.165) is 69.3 Å². The Hall–Kier alpha value is -1.38. The molecule has 1 saturated heterocycles. The minimum absolute atomic E-state index is 0.327. The summed E-state index contributed by atoms with van der Waals surface area (Å²) in [5.74, 6) is 1.56. The Morgan fingerprint density at radius 1 is 1.12 bits per heavy atom. The van der Waals surface area contributed by atoms with Crippen LogP contribution >= 0.6 is 0 Å². The first-order valence-corrected chi connectivity index (χ1v) is 12.3. The quantitative estimate of drug-likeness (QED) is 0.496. The summed E-state index contributed by atoms with van der Waals surface area (Å²) in [6, 6.07) is 6.12. The molecule has 1 unspecified atom stereocenters. The summed E-state index contributed by atoms with van der Waals surface area (Å²) in [4.78, 5) is 4.48. The lowest BCUT2D eigenvalue weighted by Crippen LogP contribution is -2.38. The molecule has 0 bridgehead atoms. The van der Waals surface area contributed by atoms with Gasteiger partial charge in [-0.3, -0.25) is 9.80 Å². The van der Waals surface area contributed by atoms with Gasteiger partial charge in [0.15, 0.2) is 11.5 Å². The average molecular weight is 451 g/mol. The number of nitrogens with zero attached hydrogens (tertiary/aromatic N) is 2. The van der Waals surface area contributed by atoms with Crippen molar-refractivity contribution in [3.05, 3.63) is 23.8 Å². The van der Waals surface area contributed by atoms with Gasteiger partial charge in [0.2, 0.25) is 0 Å². The maximum Gasteiger partial charge on any atom is 0.161 e. The molecular formula is C25H42N2O5. The van der Waals surface area contributed by atoms with E-state index in [-0.39, 0.29) is 0 Å². The third-order valence-electron chi connectivity index (χ3n) is 6.13. The van der Waals surface area contributed by atoms with E-state index in [2.05, 4.69) is 21.9 Å². The lowest BCUT2D eigenvalue weighted by Gasteiger charge is -2.26. The standard InChI is InChI=1S/C25H42N2O5/c1-3-30-25-17-21(9-10-24(25)31-16-13-27-11-14-29-15-12-27)18-26(2)19-22(28)20-32-23-7-5-4-6-8-23/h9-10,17,22-23,28H,3-8,11-16,18-20H2,1-2H3. The van der Waals surface area contributed by atoms with Crippen LogP contribution in [-0.4, -0.2) is 93.4 Å². The molecule has 1 heterocycles. The summed E-state index contributed by atoms with van der Waals surface area (Å²) in [6.45, 7) is 9.34. The van der Waals surface area contributed by atoms with E-state index in [9.17, 15) is 5.11 Å². The summed E-state index contributed by atoms with van der Waals surface area (Å²) in [5, 5.41) is 10.4. The molecule has 0 amide bonds. The van der Waals surface area contributed by atoms with Gasteiger partial charge in [-0.05, 0) is 44.5 Å². The van der Waals surface area contributed by atoms with E-state index in [1.54, 1.807) is 0 Å². The largest absolute Gasteiger partial charge is 0.490 e. The lowest BCUT2D eigenvalue weighted by atomic mass is 9.98. The van der Waals surface area contributed by atoms with E-state index < -0.39 is 6.10 Å². The van der Waals surface area contributed by atoms with Crippen molar-refractivity contribution in [3.63, 3.8) is 0 Å². The van der Waals surface area contributed by atoms with Gasteiger partial charge in [0.05, 0.1) is 38.6 Å². The van der Waals surface area contributed by atoms with Gasteiger partial charge in [-0.15, -0.1) is 0 Å². The molecule has 1 saturated carbocycles. The highest BCUT2D eigenvalue weighted by atomic mass is 16.5. The molecule has 3 rings (SSSR count). The number of hydrogen-bond acceptors (Lipinski definition) is 7. The smallest absolute Gasteiger partial charge is 0.161 e. The summed E-state index contributed by atoms with van der Waals surface area (Å²) in [7, 11) is 2.02. The predicted molar refractivity (Wildman–Crippen MR) is 126 cm³/mol. The molecule has 0 spiro atoms. The van der Waals surface area contributed by atoms with Crippen molar-refractivity contribution in [2.75, 3.05) is 66.3 Å². The van der Waals surface area contributed by atoms with Crippen LogP contribution < -0.4 is 9.47 Å². The molecule has 0 radical (unpaired) electrons. The van der Waals surface area contributed by atoms with E-state index >= 15 is 0 Å². The van der Waals surface area contributed by atoms with Gasteiger partial charge in [0.25, 0.3) is 0 Å². The summed E-state index contributed by atoms with van der Waals surface area (Å²) in [6.07, 6.45) is 5.91. The molecule has 1 N–H and O–H groups in total. The molecule has 1 aliphatic carbocycles. The molecule has 7 heteroatoms. The van der Waals surface area contributed by atoms with Crippen LogP contribution in [0, 0.1) is 0 Å².